The van der Waals surface area contributed by atoms with Crippen molar-refractivity contribution >= 4 is 23.1 Å². The molecule has 7 heteroatoms. The van der Waals surface area contributed by atoms with Crippen LogP contribution < -0.4 is 5.32 Å². The van der Waals surface area contributed by atoms with E-state index in [0.717, 1.165) is 12.1 Å². The topological polar surface area (TPSA) is 32.3 Å². The lowest BCUT2D eigenvalue weighted by atomic mass is 9.88. The lowest BCUT2D eigenvalue weighted by Crippen LogP contribution is -2.47. The number of rotatable bonds is 4. The maximum atomic E-state index is 13.3. The third-order valence-corrected chi connectivity index (χ3v) is 5.08. The Morgan fingerprint density at radius 2 is 1.82 bits per heavy atom. The first-order chi connectivity index (χ1) is 13.2. The summed E-state index contributed by atoms with van der Waals surface area (Å²) in [6.07, 6.45) is -4.47. The summed E-state index contributed by atoms with van der Waals surface area (Å²) in [5.41, 5.74) is 1.08. The number of nitrogens with one attached hydrogen (secondary N) is 1. The van der Waals surface area contributed by atoms with Crippen LogP contribution in [0.2, 0.25) is 0 Å². The summed E-state index contributed by atoms with van der Waals surface area (Å²) in [5.74, 6) is -0.242. The van der Waals surface area contributed by atoms with E-state index in [1.165, 1.54) is 6.07 Å². The Bertz CT molecular complexity index is 938. The van der Waals surface area contributed by atoms with E-state index in [1.54, 1.807) is 48.2 Å². The molecule has 0 fully saturated rings. The average Bonchev–Trinajstić information content (AvgIpc) is 2.67. The SMILES string of the molecule is CCN1C(=S)NC(c2cccc(C(F)(F)F)c2)C(C(=O)c2ccccc2)=C1C. The van der Waals surface area contributed by atoms with E-state index < -0.39 is 17.8 Å². The van der Waals surface area contributed by atoms with E-state index in [1.807, 2.05) is 6.92 Å². The van der Waals surface area contributed by atoms with Crippen molar-refractivity contribution in [3.8, 4) is 0 Å². The molecule has 0 amide bonds. The number of Topliss-reactive ketones (excluding diaryl/α,β-unsaturated/α-hetero) is 1. The minimum absolute atomic E-state index is 0.242. The fourth-order valence-corrected chi connectivity index (χ4v) is 3.73. The summed E-state index contributed by atoms with van der Waals surface area (Å²) in [7, 11) is 0. The van der Waals surface area contributed by atoms with Gasteiger partial charge < -0.3 is 10.2 Å². The number of hydrogen-bond donors (Lipinski definition) is 1. The fourth-order valence-electron chi connectivity index (χ4n) is 3.35. The van der Waals surface area contributed by atoms with Gasteiger partial charge in [-0.25, -0.2) is 0 Å². The first-order valence-electron chi connectivity index (χ1n) is 8.79. The highest BCUT2D eigenvalue weighted by Gasteiger charge is 2.36. The monoisotopic (exact) mass is 404 g/mol. The molecular weight excluding hydrogens is 385 g/mol. The zero-order valence-corrected chi connectivity index (χ0v) is 16.2. The molecule has 1 N–H and O–H groups in total. The third-order valence-electron chi connectivity index (χ3n) is 4.74. The summed E-state index contributed by atoms with van der Waals surface area (Å²) in [6, 6.07) is 12.9. The minimum atomic E-state index is -4.47. The Balaban J connectivity index is 2.14. The molecule has 2 aromatic carbocycles. The first kappa shape index (κ1) is 20.1. The fraction of sp³-hybridized carbons (Fsp3) is 0.238. The Morgan fingerprint density at radius 3 is 2.43 bits per heavy atom. The molecule has 0 aromatic heterocycles. The number of halogens is 3. The number of carbonyl (C=O) groups is 1. The molecule has 0 radical (unpaired) electrons. The maximum Gasteiger partial charge on any atom is 0.416 e. The molecule has 1 atom stereocenters. The van der Waals surface area contributed by atoms with Crippen molar-refractivity contribution in [2.75, 3.05) is 6.54 Å². The molecule has 0 saturated carbocycles. The van der Waals surface area contributed by atoms with Crippen molar-refractivity contribution in [2.24, 2.45) is 0 Å². The second kappa shape index (κ2) is 7.75. The zero-order chi connectivity index (χ0) is 20.5. The highest BCUT2D eigenvalue weighted by molar-refractivity contribution is 7.80. The molecule has 1 heterocycles. The molecule has 1 aliphatic heterocycles. The molecule has 3 nitrogen and oxygen atoms in total. The van der Waals surface area contributed by atoms with Crippen molar-refractivity contribution in [1.82, 2.24) is 10.2 Å². The summed E-state index contributed by atoms with van der Waals surface area (Å²) in [5, 5.41) is 3.44. The van der Waals surface area contributed by atoms with Crippen LogP contribution in [-0.4, -0.2) is 22.3 Å². The third kappa shape index (κ3) is 3.80. The lowest BCUT2D eigenvalue weighted by molar-refractivity contribution is -0.137. The average molecular weight is 404 g/mol. The zero-order valence-electron chi connectivity index (χ0n) is 15.4. The number of carbonyl (C=O) groups excluding carboxylic acids is 1. The van der Waals surface area contributed by atoms with Gasteiger partial charge in [0, 0.05) is 23.4 Å². The molecular formula is C21H19F3N2OS. The second-order valence-corrected chi connectivity index (χ2v) is 6.83. The molecule has 28 heavy (non-hydrogen) atoms. The summed E-state index contributed by atoms with van der Waals surface area (Å²) in [4.78, 5) is 15.0. The molecule has 1 unspecified atom stereocenters. The molecule has 0 aliphatic carbocycles. The predicted molar refractivity (Wildman–Crippen MR) is 106 cm³/mol. The van der Waals surface area contributed by atoms with E-state index in [9.17, 15) is 18.0 Å². The lowest BCUT2D eigenvalue weighted by Gasteiger charge is -2.37. The molecule has 0 bridgehead atoms. The molecule has 146 valence electrons. The van der Waals surface area contributed by atoms with Gasteiger partial charge in [0.1, 0.15) is 0 Å². The van der Waals surface area contributed by atoms with Crippen molar-refractivity contribution in [1.29, 1.82) is 0 Å². The van der Waals surface area contributed by atoms with Crippen LogP contribution >= 0.6 is 12.2 Å². The summed E-state index contributed by atoms with van der Waals surface area (Å²) in [6.45, 7) is 4.21. The van der Waals surface area contributed by atoms with Crippen LogP contribution in [0, 0.1) is 0 Å². The van der Waals surface area contributed by atoms with Gasteiger partial charge in [-0.05, 0) is 43.8 Å². The van der Waals surface area contributed by atoms with Crippen molar-refractivity contribution < 1.29 is 18.0 Å². The molecule has 1 aliphatic rings. The Labute approximate surface area is 166 Å². The Hall–Kier alpha value is -2.67. The van der Waals surface area contributed by atoms with Gasteiger partial charge in [0.2, 0.25) is 0 Å². The van der Waals surface area contributed by atoms with E-state index in [0.29, 0.717) is 34.1 Å². The van der Waals surface area contributed by atoms with Gasteiger partial charge in [-0.15, -0.1) is 0 Å². The van der Waals surface area contributed by atoms with Crippen LogP contribution in [0.5, 0.6) is 0 Å². The molecule has 2 aromatic rings. The number of ketones is 1. The number of thiocarbonyl (C=S) groups is 1. The Morgan fingerprint density at radius 1 is 1.14 bits per heavy atom. The standard InChI is InChI=1S/C21H19F3N2OS/c1-3-26-13(2)17(19(27)14-8-5-4-6-9-14)18(25-20(26)28)15-10-7-11-16(12-15)21(22,23)24/h4-12,18H,3H2,1-2H3,(H,25,28). The number of hydrogen-bond acceptors (Lipinski definition) is 2. The number of alkyl halides is 3. The highest BCUT2D eigenvalue weighted by Crippen LogP contribution is 2.36. The smallest absolute Gasteiger partial charge is 0.351 e. The van der Waals surface area contributed by atoms with Gasteiger partial charge in [0.05, 0.1) is 11.6 Å². The highest BCUT2D eigenvalue weighted by atomic mass is 32.1. The summed E-state index contributed by atoms with van der Waals surface area (Å²) < 4.78 is 39.6. The van der Waals surface area contributed by atoms with Crippen molar-refractivity contribution in [3.63, 3.8) is 0 Å². The van der Waals surface area contributed by atoms with E-state index in [2.05, 4.69) is 5.32 Å². The number of allylic oxidation sites excluding steroid dienone is 1. The minimum Gasteiger partial charge on any atom is -0.351 e. The Kier molecular flexibility index (Phi) is 5.56. The van der Waals surface area contributed by atoms with Crippen LogP contribution in [0.4, 0.5) is 13.2 Å². The second-order valence-electron chi connectivity index (χ2n) is 6.44. The van der Waals surface area contributed by atoms with Crippen LogP contribution in [0.3, 0.4) is 0 Å². The van der Waals surface area contributed by atoms with Crippen LogP contribution in [0.1, 0.15) is 41.4 Å². The largest absolute Gasteiger partial charge is 0.416 e. The van der Waals surface area contributed by atoms with Gasteiger partial charge >= 0.3 is 6.18 Å². The van der Waals surface area contributed by atoms with Gasteiger partial charge in [0.15, 0.2) is 10.9 Å². The number of benzene rings is 2. The normalized spacial score (nSPS) is 17.5. The quantitative estimate of drug-likeness (QED) is 0.567. The molecule has 3 rings (SSSR count). The van der Waals surface area contributed by atoms with Crippen LogP contribution in [0.15, 0.2) is 65.9 Å². The van der Waals surface area contributed by atoms with Crippen LogP contribution in [0.25, 0.3) is 0 Å². The van der Waals surface area contributed by atoms with Gasteiger partial charge in [-0.1, -0.05) is 42.5 Å². The summed E-state index contributed by atoms with van der Waals surface area (Å²) >= 11 is 5.39. The van der Waals surface area contributed by atoms with Crippen molar-refractivity contribution in [3.05, 3.63) is 82.6 Å². The predicted octanol–water partition coefficient (Wildman–Crippen LogP) is 5.11. The first-order valence-corrected chi connectivity index (χ1v) is 9.20. The number of nitrogens with zero attached hydrogens (tertiary/aromatic N) is 1. The van der Waals surface area contributed by atoms with E-state index in [4.69, 9.17) is 12.2 Å². The van der Waals surface area contributed by atoms with Gasteiger partial charge in [-0.3, -0.25) is 4.79 Å². The van der Waals surface area contributed by atoms with Gasteiger partial charge in [-0.2, -0.15) is 13.2 Å². The van der Waals surface area contributed by atoms with E-state index in [-0.39, 0.29) is 5.78 Å². The maximum absolute atomic E-state index is 13.3. The molecule has 0 saturated heterocycles. The van der Waals surface area contributed by atoms with Crippen molar-refractivity contribution in [2.45, 2.75) is 26.1 Å². The molecule has 0 spiro atoms. The van der Waals surface area contributed by atoms with E-state index >= 15 is 0 Å². The van der Waals surface area contributed by atoms with Gasteiger partial charge in [0.25, 0.3) is 0 Å². The van der Waals surface area contributed by atoms with Crippen LogP contribution in [-0.2, 0) is 6.18 Å².